The van der Waals surface area contributed by atoms with Crippen LogP contribution in [0, 0.1) is 5.82 Å². The minimum atomic E-state index is -0.448. The molecule has 0 aliphatic carbocycles. The maximum absolute atomic E-state index is 13.2. The number of hydrogen-bond donors (Lipinski definition) is 2. The van der Waals surface area contributed by atoms with Gasteiger partial charge in [-0.15, -0.1) is 0 Å². The Hall–Kier alpha value is -1.89. The SMILES string of the molecule is CN1CCN(c2ccc(CNC(=S)Nc3ccc(F)c(Cl)c3)cc2)CC1. The van der Waals surface area contributed by atoms with E-state index in [4.69, 9.17) is 23.8 Å². The minimum absolute atomic E-state index is 0.0669. The van der Waals surface area contributed by atoms with Crippen molar-refractivity contribution in [3.8, 4) is 0 Å². The van der Waals surface area contributed by atoms with Crippen LogP contribution in [-0.2, 0) is 6.54 Å². The van der Waals surface area contributed by atoms with E-state index >= 15 is 0 Å². The van der Waals surface area contributed by atoms with Crippen molar-refractivity contribution in [3.63, 3.8) is 0 Å². The zero-order valence-corrected chi connectivity index (χ0v) is 16.2. The normalized spacial score (nSPS) is 15.0. The molecular weight excluding hydrogens is 371 g/mol. The largest absolute Gasteiger partial charge is 0.369 e. The lowest BCUT2D eigenvalue weighted by atomic mass is 10.2. The molecule has 138 valence electrons. The molecule has 0 radical (unpaired) electrons. The van der Waals surface area contributed by atoms with E-state index in [-0.39, 0.29) is 5.02 Å². The molecule has 2 aromatic carbocycles. The van der Waals surface area contributed by atoms with E-state index in [1.165, 1.54) is 17.8 Å². The highest BCUT2D eigenvalue weighted by molar-refractivity contribution is 7.80. The van der Waals surface area contributed by atoms with E-state index in [2.05, 4.69) is 51.7 Å². The molecule has 0 atom stereocenters. The minimum Gasteiger partial charge on any atom is -0.369 e. The van der Waals surface area contributed by atoms with Gasteiger partial charge < -0.3 is 20.4 Å². The summed E-state index contributed by atoms with van der Waals surface area (Å²) in [6, 6.07) is 12.9. The van der Waals surface area contributed by atoms with Crippen LogP contribution >= 0.6 is 23.8 Å². The van der Waals surface area contributed by atoms with E-state index in [0.717, 1.165) is 31.7 Å². The molecule has 0 unspecified atom stereocenters. The fourth-order valence-corrected chi connectivity index (χ4v) is 3.19. The van der Waals surface area contributed by atoms with Gasteiger partial charge in [-0.3, -0.25) is 0 Å². The molecule has 1 fully saturated rings. The number of benzene rings is 2. The highest BCUT2D eigenvalue weighted by Gasteiger charge is 2.13. The van der Waals surface area contributed by atoms with Crippen LogP contribution < -0.4 is 15.5 Å². The van der Waals surface area contributed by atoms with Crippen molar-refractivity contribution in [2.45, 2.75) is 6.54 Å². The molecule has 2 N–H and O–H groups in total. The van der Waals surface area contributed by atoms with Gasteiger partial charge in [0.25, 0.3) is 0 Å². The Balaban J connectivity index is 1.49. The fraction of sp³-hybridized carbons (Fsp3) is 0.316. The molecule has 7 heteroatoms. The number of thiocarbonyl (C=S) groups is 1. The summed E-state index contributed by atoms with van der Waals surface area (Å²) in [6.07, 6.45) is 0. The number of likely N-dealkylation sites (N-methyl/N-ethyl adjacent to an activating group) is 1. The van der Waals surface area contributed by atoms with Gasteiger partial charge >= 0.3 is 0 Å². The molecule has 0 spiro atoms. The molecule has 4 nitrogen and oxygen atoms in total. The molecular formula is C19H22ClFN4S. The lowest BCUT2D eigenvalue weighted by Crippen LogP contribution is -2.44. The number of rotatable bonds is 4. The molecule has 1 heterocycles. The molecule has 0 saturated carbocycles. The summed E-state index contributed by atoms with van der Waals surface area (Å²) in [5, 5.41) is 6.69. The monoisotopic (exact) mass is 392 g/mol. The third kappa shape index (κ3) is 5.06. The first-order valence-corrected chi connectivity index (χ1v) is 9.32. The number of anilines is 2. The lowest BCUT2D eigenvalue weighted by Gasteiger charge is -2.34. The number of nitrogens with zero attached hydrogens (tertiary/aromatic N) is 2. The van der Waals surface area contributed by atoms with Crippen molar-refractivity contribution < 1.29 is 4.39 Å². The van der Waals surface area contributed by atoms with E-state index in [1.54, 1.807) is 6.07 Å². The van der Waals surface area contributed by atoms with Crippen LogP contribution in [0.1, 0.15) is 5.56 Å². The van der Waals surface area contributed by atoms with E-state index in [9.17, 15) is 4.39 Å². The van der Waals surface area contributed by atoms with Crippen molar-refractivity contribution in [1.29, 1.82) is 0 Å². The van der Waals surface area contributed by atoms with Crippen molar-refractivity contribution in [2.24, 2.45) is 0 Å². The molecule has 2 aromatic rings. The summed E-state index contributed by atoms with van der Waals surface area (Å²) in [5.41, 5.74) is 3.05. The second kappa shape index (κ2) is 8.66. The topological polar surface area (TPSA) is 30.5 Å². The van der Waals surface area contributed by atoms with Gasteiger partial charge in [-0.1, -0.05) is 23.7 Å². The molecule has 0 amide bonds. The smallest absolute Gasteiger partial charge is 0.171 e. The Kier molecular flexibility index (Phi) is 6.29. The number of piperazine rings is 1. The first kappa shape index (κ1) is 18.9. The second-order valence-corrected chi connectivity index (χ2v) is 7.21. The van der Waals surface area contributed by atoms with Gasteiger partial charge in [-0.2, -0.15) is 0 Å². The van der Waals surface area contributed by atoms with E-state index in [0.29, 0.717) is 17.3 Å². The van der Waals surface area contributed by atoms with Gasteiger partial charge in [0.1, 0.15) is 5.82 Å². The maximum atomic E-state index is 13.2. The summed E-state index contributed by atoms with van der Waals surface area (Å²) in [6.45, 7) is 4.92. The summed E-state index contributed by atoms with van der Waals surface area (Å²) in [5.74, 6) is -0.448. The Morgan fingerprint density at radius 1 is 1.12 bits per heavy atom. The van der Waals surface area contributed by atoms with Crippen molar-refractivity contribution in [2.75, 3.05) is 43.4 Å². The third-order valence-corrected chi connectivity index (χ3v) is 4.97. The predicted octanol–water partition coefficient (Wildman–Crippen LogP) is 3.72. The van der Waals surface area contributed by atoms with Crippen LogP contribution in [-0.4, -0.2) is 43.2 Å². The summed E-state index contributed by atoms with van der Waals surface area (Å²) in [7, 11) is 2.16. The Morgan fingerprint density at radius 3 is 2.46 bits per heavy atom. The van der Waals surface area contributed by atoms with Gasteiger partial charge in [-0.25, -0.2) is 4.39 Å². The zero-order chi connectivity index (χ0) is 18.5. The standard InChI is InChI=1S/C19H22ClFN4S/c1-24-8-10-25(11-9-24)16-5-2-14(3-6-16)13-22-19(26)23-15-4-7-18(21)17(20)12-15/h2-7,12H,8-11,13H2,1H3,(H2,22,23,26). The molecule has 1 aliphatic rings. The third-order valence-electron chi connectivity index (χ3n) is 4.44. The van der Waals surface area contributed by atoms with Crippen LogP contribution in [0.3, 0.4) is 0 Å². The van der Waals surface area contributed by atoms with Crippen molar-refractivity contribution in [1.82, 2.24) is 10.2 Å². The van der Waals surface area contributed by atoms with Gasteiger partial charge in [0.15, 0.2) is 5.11 Å². The van der Waals surface area contributed by atoms with Crippen LogP contribution in [0.15, 0.2) is 42.5 Å². The summed E-state index contributed by atoms with van der Waals surface area (Å²) in [4.78, 5) is 4.75. The van der Waals surface area contributed by atoms with E-state index < -0.39 is 5.82 Å². The van der Waals surface area contributed by atoms with Crippen LogP contribution in [0.25, 0.3) is 0 Å². The average Bonchev–Trinajstić information content (AvgIpc) is 2.64. The molecule has 0 aromatic heterocycles. The summed E-state index contributed by atoms with van der Waals surface area (Å²) >= 11 is 11.1. The van der Waals surface area contributed by atoms with Crippen LogP contribution in [0.5, 0.6) is 0 Å². The van der Waals surface area contributed by atoms with Gasteiger partial charge in [-0.05, 0) is 55.2 Å². The number of nitrogens with one attached hydrogen (secondary N) is 2. The fourth-order valence-electron chi connectivity index (χ4n) is 2.82. The lowest BCUT2D eigenvalue weighted by molar-refractivity contribution is 0.313. The van der Waals surface area contributed by atoms with E-state index in [1.807, 2.05) is 0 Å². The molecule has 1 aliphatic heterocycles. The molecule has 1 saturated heterocycles. The highest BCUT2D eigenvalue weighted by atomic mass is 35.5. The van der Waals surface area contributed by atoms with Crippen molar-refractivity contribution in [3.05, 3.63) is 58.9 Å². The van der Waals surface area contributed by atoms with Crippen LogP contribution in [0.2, 0.25) is 5.02 Å². The predicted molar refractivity (Wildman–Crippen MR) is 111 cm³/mol. The first-order valence-electron chi connectivity index (χ1n) is 8.53. The molecule has 0 bridgehead atoms. The maximum Gasteiger partial charge on any atom is 0.171 e. The highest BCUT2D eigenvalue weighted by Crippen LogP contribution is 2.19. The quantitative estimate of drug-likeness (QED) is 0.774. The van der Waals surface area contributed by atoms with Crippen molar-refractivity contribution >= 4 is 40.3 Å². The molecule has 3 rings (SSSR count). The van der Waals surface area contributed by atoms with Gasteiger partial charge in [0.2, 0.25) is 0 Å². The zero-order valence-electron chi connectivity index (χ0n) is 14.6. The average molecular weight is 393 g/mol. The summed E-state index contributed by atoms with van der Waals surface area (Å²) < 4.78 is 13.2. The molecule has 26 heavy (non-hydrogen) atoms. The van der Waals surface area contributed by atoms with Crippen LogP contribution in [0.4, 0.5) is 15.8 Å². The first-order chi connectivity index (χ1) is 12.5. The number of halogens is 2. The van der Waals surface area contributed by atoms with Gasteiger partial charge in [0.05, 0.1) is 5.02 Å². The Bertz CT molecular complexity index is 761. The second-order valence-electron chi connectivity index (χ2n) is 6.39. The van der Waals surface area contributed by atoms with Gasteiger partial charge in [0, 0.05) is 44.1 Å². The Labute approximate surface area is 163 Å². The number of hydrogen-bond acceptors (Lipinski definition) is 3. The Morgan fingerprint density at radius 2 is 1.81 bits per heavy atom.